The molecule has 0 fully saturated rings. The van der Waals surface area contributed by atoms with Crippen LogP contribution in [0.1, 0.15) is 11.1 Å². The van der Waals surface area contributed by atoms with E-state index in [1.807, 2.05) is 60.7 Å². The maximum absolute atomic E-state index is 10.3. The first-order valence-corrected chi connectivity index (χ1v) is 7.69. The molecule has 4 nitrogen and oxygen atoms in total. The van der Waals surface area contributed by atoms with E-state index in [-0.39, 0.29) is 16.5 Å². The van der Waals surface area contributed by atoms with Gasteiger partial charge in [0.15, 0.2) is 0 Å². The highest BCUT2D eigenvalue weighted by atomic mass is 35.5. The standard InChI is InChI=1S/C19H15ClN2O2/c20-17-12-15(23)11-16(19(17)24)18(13-7-3-1-4-8-13)22-21-14-9-5-2-6-10-14/h1-12,21,23-24H/b22-18+. The molecule has 0 amide bonds. The molecule has 0 aliphatic carbocycles. The fourth-order valence-electron chi connectivity index (χ4n) is 2.27. The third-order valence-corrected chi connectivity index (χ3v) is 3.71. The zero-order valence-electron chi connectivity index (χ0n) is 12.6. The molecule has 0 aromatic heterocycles. The van der Waals surface area contributed by atoms with E-state index in [4.69, 9.17) is 11.6 Å². The lowest BCUT2D eigenvalue weighted by Gasteiger charge is -2.12. The zero-order valence-corrected chi connectivity index (χ0v) is 13.4. The van der Waals surface area contributed by atoms with E-state index in [2.05, 4.69) is 10.5 Å². The highest BCUT2D eigenvalue weighted by Crippen LogP contribution is 2.33. The van der Waals surface area contributed by atoms with Crippen molar-refractivity contribution in [2.24, 2.45) is 5.10 Å². The van der Waals surface area contributed by atoms with Crippen LogP contribution >= 0.6 is 11.6 Å². The molecule has 0 unspecified atom stereocenters. The molecule has 3 aromatic carbocycles. The van der Waals surface area contributed by atoms with Crippen LogP contribution < -0.4 is 5.43 Å². The van der Waals surface area contributed by atoms with Gasteiger partial charge in [-0.25, -0.2) is 0 Å². The molecule has 0 aliphatic rings. The molecule has 0 atom stereocenters. The second kappa shape index (κ2) is 7.06. The van der Waals surface area contributed by atoms with Crippen molar-refractivity contribution in [1.29, 1.82) is 0 Å². The molecule has 0 saturated heterocycles. The highest BCUT2D eigenvalue weighted by Gasteiger charge is 2.16. The summed E-state index contributed by atoms with van der Waals surface area (Å²) in [4.78, 5) is 0. The van der Waals surface area contributed by atoms with E-state index in [0.717, 1.165) is 11.3 Å². The summed E-state index contributed by atoms with van der Waals surface area (Å²) in [5.74, 6) is -0.178. The molecule has 3 rings (SSSR count). The van der Waals surface area contributed by atoms with Crippen LogP contribution in [0.2, 0.25) is 5.02 Å². The van der Waals surface area contributed by atoms with Crippen LogP contribution in [-0.2, 0) is 0 Å². The Balaban J connectivity index is 2.10. The molecule has 5 heteroatoms. The third-order valence-electron chi connectivity index (χ3n) is 3.42. The van der Waals surface area contributed by atoms with Crippen molar-refractivity contribution >= 4 is 23.0 Å². The van der Waals surface area contributed by atoms with Gasteiger partial charge in [-0.1, -0.05) is 60.1 Å². The summed E-state index contributed by atoms with van der Waals surface area (Å²) < 4.78 is 0. The summed E-state index contributed by atoms with van der Waals surface area (Å²) in [6.07, 6.45) is 0. The Morgan fingerprint density at radius 1 is 0.875 bits per heavy atom. The van der Waals surface area contributed by atoms with E-state index in [9.17, 15) is 10.2 Å². The minimum absolute atomic E-state index is 0.0452. The minimum atomic E-state index is -0.132. The van der Waals surface area contributed by atoms with Gasteiger partial charge in [-0.05, 0) is 18.2 Å². The molecule has 0 saturated carbocycles. The number of rotatable bonds is 4. The largest absolute Gasteiger partial charge is 0.508 e. The van der Waals surface area contributed by atoms with Crippen LogP contribution in [-0.4, -0.2) is 15.9 Å². The van der Waals surface area contributed by atoms with Crippen molar-refractivity contribution in [2.75, 3.05) is 5.43 Å². The summed E-state index contributed by atoms with van der Waals surface area (Å²) in [5.41, 5.74) is 5.35. The number of nitrogens with one attached hydrogen (secondary N) is 1. The maximum atomic E-state index is 10.3. The number of anilines is 1. The number of halogens is 1. The smallest absolute Gasteiger partial charge is 0.143 e. The van der Waals surface area contributed by atoms with Crippen LogP contribution in [0.5, 0.6) is 11.5 Å². The lowest BCUT2D eigenvalue weighted by Crippen LogP contribution is -2.07. The molecular formula is C19H15ClN2O2. The zero-order chi connectivity index (χ0) is 16.9. The highest BCUT2D eigenvalue weighted by molar-refractivity contribution is 6.33. The van der Waals surface area contributed by atoms with Crippen molar-refractivity contribution in [2.45, 2.75) is 0 Å². The number of phenolic OH excluding ortho intramolecular Hbond substituents is 2. The summed E-state index contributed by atoms with van der Waals surface area (Å²) in [5, 5.41) is 24.6. The first-order chi connectivity index (χ1) is 11.6. The Morgan fingerprint density at radius 3 is 2.17 bits per heavy atom. The van der Waals surface area contributed by atoms with Gasteiger partial charge >= 0.3 is 0 Å². The number of hydrogen-bond donors (Lipinski definition) is 3. The normalized spacial score (nSPS) is 11.3. The average molecular weight is 339 g/mol. The Hall–Kier alpha value is -2.98. The number of benzene rings is 3. The summed E-state index contributed by atoms with van der Waals surface area (Å²) in [7, 11) is 0. The monoisotopic (exact) mass is 338 g/mol. The van der Waals surface area contributed by atoms with Gasteiger partial charge in [0.1, 0.15) is 17.2 Å². The van der Waals surface area contributed by atoms with Gasteiger partial charge in [0, 0.05) is 17.2 Å². The van der Waals surface area contributed by atoms with E-state index in [0.29, 0.717) is 11.3 Å². The second-order valence-corrected chi connectivity index (χ2v) is 5.54. The minimum Gasteiger partial charge on any atom is -0.508 e. The SMILES string of the molecule is Oc1cc(Cl)c(O)c(/C(=N/Nc2ccccc2)c2ccccc2)c1. The van der Waals surface area contributed by atoms with Crippen molar-refractivity contribution in [1.82, 2.24) is 0 Å². The van der Waals surface area contributed by atoms with Gasteiger partial charge in [0.05, 0.1) is 10.7 Å². The van der Waals surface area contributed by atoms with Crippen LogP contribution in [0.3, 0.4) is 0 Å². The van der Waals surface area contributed by atoms with Gasteiger partial charge in [0.25, 0.3) is 0 Å². The van der Waals surface area contributed by atoms with Gasteiger partial charge in [-0.15, -0.1) is 0 Å². The van der Waals surface area contributed by atoms with Gasteiger partial charge in [-0.3, -0.25) is 5.43 Å². The number of phenols is 2. The molecule has 3 N–H and O–H groups in total. The van der Waals surface area contributed by atoms with Crippen LogP contribution in [0.25, 0.3) is 0 Å². The predicted molar refractivity (Wildman–Crippen MR) is 96.9 cm³/mol. The topological polar surface area (TPSA) is 64.8 Å². The fourth-order valence-corrected chi connectivity index (χ4v) is 2.49. The summed E-state index contributed by atoms with van der Waals surface area (Å²) in [6, 6.07) is 21.5. The van der Waals surface area contributed by atoms with Crippen LogP contribution in [0, 0.1) is 0 Å². The fraction of sp³-hybridized carbons (Fsp3) is 0. The van der Waals surface area contributed by atoms with E-state index in [1.54, 1.807) is 0 Å². The van der Waals surface area contributed by atoms with E-state index < -0.39 is 0 Å². The maximum Gasteiger partial charge on any atom is 0.143 e. The van der Waals surface area contributed by atoms with Gasteiger partial charge in [0.2, 0.25) is 0 Å². The van der Waals surface area contributed by atoms with Crippen molar-refractivity contribution < 1.29 is 10.2 Å². The van der Waals surface area contributed by atoms with Crippen molar-refractivity contribution in [3.63, 3.8) is 0 Å². The van der Waals surface area contributed by atoms with Gasteiger partial charge in [-0.2, -0.15) is 5.10 Å². The quantitative estimate of drug-likeness (QED) is 0.369. The lowest BCUT2D eigenvalue weighted by atomic mass is 10.0. The van der Waals surface area contributed by atoms with E-state index >= 15 is 0 Å². The summed E-state index contributed by atoms with van der Waals surface area (Å²) >= 11 is 5.98. The molecule has 0 spiro atoms. The predicted octanol–water partition coefficient (Wildman–Crippen LogP) is 4.62. The van der Waals surface area contributed by atoms with Crippen LogP contribution in [0.4, 0.5) is 5.69 Å². The average Bonchev–Trinajstić information content (AvgIpc) is 2.61. The van der Waals surface area contributed by atoms with Gasteiger partial charge < -0.3 is 10.2 Å². The first kappa shape index (κ1) is 15.9. The Kier molecular flexibility index (Phi) is 4.68. The molecule has 120 valence electrons. The number of aromatic hydroxyl groups is 2. The molecule has 24 heavy (non-hydrogen) atoms. The molecular weight excluding hydrogens is 324 g/mol. The number of nitrogens with zero attached hydrogens (tertiary/aromatic N) is 1. The second-order valence-electron chi connectivity index (χ2n) is 5.13. The Bertz CT molecular complexity index is 865. The Morgan fingerprint density at radius 2 is 1.50 bits per heavy atom. The number of hydrogen-bond acceptors (Lipinski definition) is 4. The third kappa shape index (κ3) is 3.50. The molecule has 3 aromatic rings. The van der Waals surface area contributed by atoms with Crippen molar-refractivity contribution in [3.05, 3.63) is 88.9 Å². The summed E-state index contributed by atoms with van der Waals surface area (Å²) in [6.45, 7) is 0. The van der Waals surface area contributed by atoms with E-state index in [1.165, 1.54) is 12.1 Å². The lowest BCUT2D eigenvalue weighted by molar-refractivity contribution is 0.459. The number of para-hydroxylation sites is 1. The molecule has 0 aliphatic heterocycles. The molecule has 0 heterocycles. The van der Waals surface area contributed by atoms with Crippen LogP contribution in [0.15, 0.2) is 77.9 Å². The Labute approximate surface area is 144 Å². The molecule has 0 bridgehead atoms. The van der Waals surface area contributed by atoms with Crippen molar-refractivity contribution in [3.8, 4) is 11.5 Å². The first-order valence-electron chi connectivity index (χ1n) is 7.31. The number of hydrazone groups is 1. The molecule has 0 radical (unpaired) electrons.